The zero-order chi connectivity index (χ0) is 14.3. The first-order valence-electron chi connectivity index (χ1n) is 5.91. The van der Waals surface area contributed by atoms with Crippen molar-refractivity contribution in [2.45, 2.75) is 12.3 Å². The van der Waals surface area contributed by atoms with E-state index in [0.717, 1.165) is 12.1 Å². The van der Waals surface area contributed by atoms with Crippen molar-refractivity contribution in [1.82, 2.24) is 4.90 Å². The summed E-state index contributed by atoms with van der Waals surface area (Å²) < 4.78 is 38.2. The number of nitrogens with two attached hydrogens (primary N) is 1. The van der Waals surface area contributed by atoms with Crippen LogP contribution in [0.3, 0.4) is 0 Å². The van der Waals surface area contributed by atoms with Crippen LogP contribution >= 0.6 is 0 Å². The minimum atomic E-state index is -4.38. The summed E-state index contributed by atoms with van der Waals surface area (Å²) in [5.41, 5.74) is 5.40. The highest BCUT2D eigenvalue weighted by Crippen LogP contribution is 2.33. The van der Waals surface area contributed by atoms with Gasteiger partial charge in [-0.25, -0.2) is 5.01 Å². The molecule has 4 nitrogen and oxygen atoms in total. The van der Waals surface area contributed by atoms with Crippen LogP contribution in [0.25, 0.3) is 0 Å². The van der Waals surface area contributed by atoms with Crippen LogP contribution < -0.4 is 10.7 Å². The third kappa shape index (κ3) is 2.01. The van der Waals surface area contributed by atoms with Crippen LogP contribution in [0.2, 0.25) is 0 Å². The lowest BCUT2D eigenvalue weighted by Gasteiger charge is -2.28. The van der Waals surface area contributed by atoms with E-state index in [4.69, 9.17) is 5.73 Å². The molecular formula is C13H11F3N4. The molecule has 1 aromatic carbocycles. The molecule has 1 aromatic rings. The summed E-state index contributed by atoms with van der Waals surface area (Å²) in [5.74, 6) is 0.244. The molecule has 1 atom stereocenters. The molecule has 0 saturated heterocycles. The summed E-state index contributed by atoms with van der Waals surface area (Å²) in [6.07, 6.45) is 2.42. The van der Waals surface area contributed by atoms with Crippen molar-refractivity contribution >= 4 is 11.6 Å². The number of hydrogen-bond acceptors (Lipinski definition) is 4. The molecule has 20 heavy (non-hydrogen) atoms. The molecule has 1 unspecified atom stereocenters. The number of allylic oxidation sites excluding steroid dienone is 2. The second-order valence-corrected chi connectivity index (χ2v) is 4.40. The molecule has 2 heterocycles. The summed E-state index contributed by atoms with van der Waals surface area (Å²) >= 11 is 0. The third-order valence-corrected chi connectivity index (χ3v) is 3.09. The molecule has 0 amide bonds. The van der Waals surface area contributed by atoms with Crippen LogP contribution in [-0.4, -0.2) is 17.0 Å². The van der Waals surface area contributed by atoms with E-state index in [2.05, 4.69) is 5.10 Å². The van der Waals surface area contributed by atoms with Gasteiger partial charge in [-0.2, -0.15) is 13.2 Å². The van der Waals surface area contributed by atoms with Gasteiger partial charge in [0, 0.05) is 6.20 Å². The van der Waals surface area contributed by atoms with Gasteiger partial charge in [0.15, 0.2) is 0 Å². The van der Waals surface area contributed by atoms with Crippen LogP contribution in [0, 0.1) is 0 Å². The Morgan fingerprint density at radius 2 is 2.00 bits per heavy atom. The predicted octanol–water partition coefficient (Wildman–Crippen LogP) is 2.47. The molecule has 7 heteroatoms. The van der Waals surface area contributed by atoms with E-state index in [1.54, 1.807) is 29.3 Å². The van der Waals surface area contributed by atoms with E-state index in [1.807, 2.05) is 6.08 Å². The van der Waals surface area contributed by atoms with Crippen LogP contribution in [0.4, 0.5) is 18.9 Å². The van der Waals surface area contributed by atoms with Crippen molar-refractivity contribution in [3.63, 3.8) is 0 Å². The molecule has 0 aromatic heterocycles. The second kappa shape index (κ2) is 4.29. The third-order valence-electron chi connectivity index (χ3n) is 3.09. The fraction of sp³-hybridized carbons (Fsp3) is 0.154. The van der Waals surface area contributed by atoms with E-state index >= 15 is 0 Å². The lowest BCUT2D eigenvalue weighted by Crippen LogP contribution is -2.40. The molecule has 104 valence electrons. The van der Waals surface area contributed by atoms with Gasteiger partial charge < -0.3 is 5.73 Å². The average Bonchev–Trinajstić information content (AvgIpc) is 2.76. The maximum Gasteiger partial charge on any atom is 0.416 e. The van der Waals surface area contributed by atoms with Crippen molar-refractivity contribution in [1.29, 1.82) is 0 Å². The number of benzene rings is 1. The quantitative estimate of drug-likeness (QED) is 0.859. The molecule has 0 bridgehead atoms. The van der Waals surface area contributed by atoms with Gasteiger partial charge in [-0.3, -0.25) is 4.90 Å². The van der Waals surface area contributed by atoms with Crippen LogP contribution in [0.15, 0.2) is 53.8 Å². The molecule has 3 rings (SSSR count). The number of hydrogen-bond donors (Lipinski definition) is 1. The Bertz CT molecular complexity index is 618. The van der Waals surface area contributed by atoms with E-state index in [1.165, 1.54) is 11.1 Å². The molecule has 0 saturated carbocycles. The number of hydrazone groups is 1. The fourth-order valence-corrected chi connectivity index (χ4v) is 2.15. The van der Waals surface area contributed by atoms with Crippen LogP contribution in [-0.2, 0) is 6.18 Å². The topological polar surface area (TPSA) is 44.9 Å². The number of halogens is 3. The van der Waals surface area contributed by atoms with Gasteiger partial charge in [0.05, 0.1) is 11.3 Å². The number of guanidine groups is 1. The van der Waals surface area contributed by atoms with Gasteiger partial charge in [0.1, 0.15) is 6.17 Å². The summed E-state index contributed by atoms with van der Waals surface area (Å²) in [6, 6.07) is 5.02. The highest BCUT2D eigenvalue weighted by atomic mass is 19.4. The summed E-state index contributed by atoms with van der Waals surface area (Å²) in [5, 5.41) is 5.57. The van der Waals surface area contributed by atoms with Gasteiger partial charge in [0.25, 0.3) is 0 Å². The first kappa shape index (κ1) is 12.6. The average molecular weight is 280 g/mol. The van der Waals surface area contributed by atoms with Gasteiger partial charge >= 0.3 is 6.18 Å². The molecule has 0 radical (unpaired) electrons. The van der Waals surface area contributed by atoms with E-state index < -0.39 is 11.7 Å². The van der Waals surface area contributed by atoms with E-state index in [-0.39, 0.29) is 12.1 Å². The molecule has 2 aliphatic heterocycles. The van der Waals surface area contributed by atoms with Gasteiger partial charge in [-0.15, -0.1) is 5.10 Å². The second-order valence-electron chi connectivity index (χ2n) is 4.40. The van der Waals surface area contributed by atoms with Crippen LogP contribution in [0.5, 0.6) is 0 Å². The summed E-state index contributed by atoms with van der Waals surface area (Å²) in [4.78, 5) is 1.68. The van der Waals surface area contributed by atoms with Crippen molar-refractivity contribution in [2.75, 3.05) is 5.01 Å². The highest BCUT2D eigenvalue weighted by molar-refractivity contribution is 5.84. The molecule has 2 aliphatic rings. The zero-order valence-electron chi connectivity index (χ0n) is 10.2. The Hall–Kier alpha value is -2.44. The van der Waals surface area contributed by atoms with Gasteiger partial charge in [-0.05, 0) is 30.4 Å². The van der Waals surface area contributed by atoms with Crippen molar-refractivity contribution in [2.24, 2.45) is 10.8 Å². The minimum absolute atomic E-state index is 0.244. The van der Waals surface area contributed by atoms with Crippen molar-refractivity contribution in [3.8, 4) is 0 Å². The first-order valence-corrected chi connectivity index (χ1v) is 5.91. The number of alkyl halides is 3. The number of fused-ring (bicyclic) bond motifs is 1. The lowest BCUT2D eigenvalue weighted by molar-refractivity contribution is -0.137. The molecule has 0 fully saturated rings. The van der Waals surface area contributed by atoms with E-state index in [0.29, 0.717) is 5.69 Å². The smallest absolute Gasteiger partial charge is 0.368 e. The number of rotatable bonds is 1. The fourth-order valence-electron chi connectivity index (χ4n) is 2.15. The maximum absolute atomic E-state index is 12.7. The Labute approximate surface area is 113 Å². The zero-order valence-corrected chi connectivity index (χ0v) is 10.2. The van der Waals surface area contributed by atoms with Crippen molar-refractivity contribution in [3.05, 3.63) is 54.3 Å². The van der Waals surface area contributed by atoms with E-state index in [9.17, 15) is 13.2 Å². The monoisotopic (exact) mass is 280 g/mol. The van der Waals surface area contributed by atoms with Gasteiger partial charge in [0.2, 0.25) is 5.96 Å². The SMILES string of the molecule is NC1=NN(c2cccc(C(F)(F)F)c2)C2C=CC=CN12. The normalized spacial score (nSPS) is 21.1. The molecule has 2 N–H and O–H groups in total. The first-order chi connectivity index (χ1) is 9.47. The predicted molar refractivity (Wildman–Crippen MR) is 69.5 cm³/mol. The maximum atomic E-state index is 12.7. The highest BCUT2D eigenvalue weighted by Gasteiger charge is 2.34. The lowest BCUT2D eigenvalue weighted by atomic mass is 10.2. The Morgan fingerprint density at radius 1 is 1.20 bits per heavy atom. The Balaban J connectivity index is 1.98. The molecular weight excluding hydrogens is 269 g/mol. The Kier molecular flexibility index (Phi) is 2.70. The standard InChI is InChI=1S/C13H11F3N4/c14-13(15,16)9-4-3-5-10(8-9)20-11-6-1-2-7-19(11)12(17)18-20/h1-8,11H,(H2,17,18). The summed E-state index contributed by atoms with van der Waals surface area (Å²) in [7, 11) is 0. The minimum Gasteiger partial charge on any atom is -0.368 e. The summed E-state index contributed by atoms with van der Waals surface area (Å²) in [6.45, 7) is 0. The van der Waals surface area contributed by atoms with Crippen molar-refractivity contribution < 1.29 is 13.2 Å². The Morgan fingerprint density at radius 3 is 2.75 bits per heavy atom. The molecule has 0 spiro atoms. The number of nitrogens with zero attached hydrogens (tertiary/aromatic N) is 3. The largest absolute Gasteiger partial charge is 0.416 e. The molecule has 0 aliphatic carbocycles. The van der Waals surface area contributed by atoms with Crippen LogP contribution in [0.1, 0.15) is 5.56 Å². The number of anilines is 1. The van der Waals surface area contributed by atoms with Gasteiger partial charge in [-0.1, -0.05) is 12.1 Å².